The van der Waals surface area contributed by atoms with Crippen LogP contribution in [0.2, 0.25) is 0 Å². The molecule has 0 radical (unpaired) electrons. The second kappa shape index (κ2) is 4.23. The molecular formula is C13H19NO. The van der Waals surface area contributed by atoms with Crippen LogP contribution in [0.25, 0.3) is 0 Å². The molecule has 2 rings (SSSR count). The van der Waals surface area contributed by atoms with Gasteiger partial charge in [-0.2, -0.15) is 0 Å². The lowest BCUT2D eigenvalue weighted by Gasteiger charge is -2.25. The summed E-state index contributed by atoms with van der Waals surface area (Å²) in [6, 6.07) is 6.48. The summed E-state index contributed by atoms with van der Waals surface area (Å²) in [6.45, 7) is 6.34. The summed E-state index contributed by atoms with van der Waals surface area (Å²) in [5.41, 5.74) is 2.89. The van der Waals surface area contributed by atoms with Gasteiger partial charge >= 0.3 is 0 Å². The third-order valence-electron chi connectivity index (χ3n) is 2.75. The molecule has 0 saturated carbocycles. The zero-order valence-electron chi connectivity index (χ0n) is 9.79. The first kappa shape index (κ1) is 10.5. The highest BCUT2D eigenvalue weighted by Crippen LogP contribution is 2.23. The van der Waals surface area contributed by atoms with E-state index in [9.17, 15) is 0 Å². The Morgan fingerprint density at radius 1 is 1.27 bits per heavy atom. The van der Waals surface area contributed by atoms with Crippen molar-refractivity contribution >= 4 is 0 Å². The van der Waals surface area contributed by atoms with Crippen LogP contribution in [0, 0.1) is 0 Å². The molecule has 1 aliphatic heterocycles. The summed E-state index contributed by atoms with van der Waals surface area (Å²) in [7, 11) is 2.17. The Labute approximate surface area is 91.9 Å². The van der Waals surface area contributed by atoms with Crippen LogP contribution in [0.4, 0.5) is 0 Å². The molecule has 1 aromatic carbocycles. The quantitative estimate of drug-likeness (QED) is 0.735. The van der Waals surface area contributed by atoms with Crippen LogP contribution in [0.5, 0.6) is 5.75 Å². The molecule has 0 bridgehead atoms. The van der Waals surface area contributed by atoms with Crippen molar-refractivity contribution in [2.24, 2.45) is 0 Å². The maximum Gasteiger partial charge on any atom is 0.119 e. The van der Waals surface area contributed by atoms with Gasteiger partial charge in [-0.3, -0.25) is 0 Å². The van der Waals surface area contributed by atoms with Gasteiger partial charge < -0.3 is 9.64 Å². The molecule has 0 fully saturated rings. The van der Waals surface area contributed by atoms with E-state index in [1.165, 1.54) is 11.1 Å². The van der Waals surface area contributed by atoms with E-state index >= 15 is 0 Å². The minimum Gasteiger partial charge on any atom is -0.491 e. The molecule has 1 heterocycles. The summed E-state index contributed by atoms with van der Waals surface area (Å²) in [5.74, 6) is 1.01. The van der Waals surface area contributed by atoms with Gasteiger partial charge in [-0.05, 0) is 50.6 Å². The van der Waals surface area contributed by atoms with E-state index in [0.29, 0.717) is 0 Å². The minimum atomic E-state index is 0.259. The van der Waals surface area contributed by atoms with Crippen molar-refractivity contribution in [1.82, 2.24) is 4.90 Å². The summed E-state index contributed by atoms with van der Waals surface area (Å²) in [5, 5.41) is 0. The fraction of sp³-hybridized carbons (Fsp3) is 0.538. The Kier molecular flexibility index (Phi) is 2.96. The molecule has 0 aliphatic carbocycles. The molecule has 0 saturated heterocycles. The second-order valence-corrected chi connectivity index (χ2v) is 4.58. The van der Waals surface area contributed by atoms with Crippen molar-refractivity contribution in [3.05, 3.63) is 29.3 Å². The van der Waals surface area contributed by atoms with E-state index in [1.54, 1.807) is 0 Å². The first-order valence-electron chi connectivity index (χ1n) is 5.62. The first-order chi connectivity index (χ1) is 7.15. The van der Waals surface area contributed by atoms with Crippen LogP contribution >= 0.6 is 0 Å². The maximum absolute atomic E-state index is 5.69. The van der Waals surface area contributed by atoms with E-state index in [-0.39, 0.29) is 6.10 Å². The molecule has 82 valence electrons. The van der Waals surface area contributed by atoms with Crippen LogP contribution in [-0.4, -0.2) is 24.6 Å². The highest BCUT2D eigenvalue weighted by Gasteiger charge is 2.13. The van der Waals surface area contributed by atoms with Crippen LogP contribution in [0.15, 0.2) is 18.2 Å². The fourth-order valence-corrected chi connectivity index (χ4v) is 2.02. The molecule has 1 aromatic rings. The lowest BCUT2D eigenvalue weighted by molar-refractivity contribution is 0.241. The second-order valence-electron chi connectivity index (χ2n) is 4.58. The zero-order valence-corrected chi connectivity index (χ0v) is 9.79. The number of rotatable bonds is 2. The van der Waals surface area contributed by atoms with Crippen molar-refractivity contribution in [1.29, 1.82) is 0 Å². The largest absolute Gasteiger partial charge is 0.491 e. The van der Waals surface area contributed by atoms with Crippen molar-refractivity contribution in [2.45, 2.75) is 32.9 Å². The lowest BCUT2D eigenvalue weighted by atomic mass is 10.00. The average Bonchev–Trinajstić information content (AvgIpc) is 2.17. The standard InChI is InChI=1S/C13H19NO/c1-10(2)15-13-5-4-12-9-14(3)7-6-11(12)8-13/h4-5,8,10H,6-7,9H2,1-3H3. The molecule has 2 nitrogen and oxygen atoms in total. The van der Waals surface area contributed by atoms with Gasteiger partial charge in [0.25, 0.3) is 0 Å². The number of hydrogen-bond acceptors (Lipinski definition) is 2. The van der Waals surface area contributed by atoms with Gasteiger partial charge in [-0.15, -0.1) is 0 Å². The summed E-state index contributed by atoms with van der Waals surface area (Å²) < 4.78 is 5.69. The van der Waals surface area contributed by atoms with Crippen LogP contribution in [-0.2, 0) is 13.0 Å². The summed E-state index contributed by atoms with van der Waals surface area (Å²) in [6.07, 6.45) is 1.40. The van der Waals surface area contributed by atoms with Crippen LogP contribution in [0.3, 0.4) is 0 Å². The zero-order chi connectivity index (χ0) is 10.8. The summed E-state index contributed by atoms with van der Waals surface area (Å²) >= 11 is 0. The van der Waals surface area contributed by atoms with Gasteiger partial charge in [0.15, 0.2) is 0 Å². The van der Waals surface area contributed by atoms with Gasteiger partial charge in [0, 0.05) is 13.1 Å². The van der Waals surface area contributed by atoms with E-state index < -0.39 is 0 Å². The third-order valence-corrected chi connectivity index (χ3v) is 2.75. The highest BCUT2D eigenvalue weighted by atomic mass is 16.5. The number of fused-ring (bicyclic) bond motifs is 1. The Hall–Kier alpha value is -1.02. The molecule has 2 heteroatoms. The minimum absolute atomic E-state index is 0.259. The predicted molar refractivity (Wildman–Crippen MR) is 62.2 cm³/mol. The third kappa shape index (κ3) is 2.51. The van der Waals surface area contributed by atoms with Gasteiger partial charge in [-0.1, -0.05) is 6.07 Å². The topological polar surface area (TPSA) is 12.5 Å². The number of nitrogens with zero attached hydrogens (tertiary/aromatic N) is 1. The van der Waals surface area contributed by atoms with E-state index in [4.69, 9.17) is 4.74 Å². The van der Waals surface area contributed by atoms with Crippen molar-refractivity contribution in [2.75, 3.05) is 13.6 Å². The normalized spacial score (nSPS) is 16.5. The Morgan fingerprint density at radius 3 is 2.80 bits per heavy atom. The van der Waals surface area contributed by atoms with Gasteiger partial charge in [0.2, 0.25) is 0 Å². The molecule has 0 N–H and O–H groups in total. The lowest BCUT2D eigenvalue weighted by Crippen LogP contribution is -2.26. The Bertz CT molecular complexity index is 346. The Morgan fingerprint density at radius 2 is 2.07 bits per heavy atom. The van der Waals surface area contributed by atoms with E-state index in [2.05, 4.69) is 44.0 Å². The maximum atomic E-state index is 5.69. The molecule has 15 heavy (non-hydrogen) atoms. The van der Waals surface area contributed by atoms with E-state index in [1.807, 2.05) is 0 Å². The van der Waals surface area contributed by atoms with Crippen LogP contribution in [0.1, 0.15) is 25.0 Å². The number of hydrogen-bond donors (Lipinski definition) is 0. The SMILES string of the molecule is CC(C)Oc1ccc2c(c1)CCN(C)C2. The number of likely N-dealkylation sites (N-methyl/N-ethyl adjacent to an activating group) is 1. The molecular weight excluding hydrogens is 186 g/mol. The van der Waals surface area contributed by atoms with Crippen molar-refractivity contribution in [3.63, 3.8) is 0 Å². The molecule has 1 aliphatic rings. The van der Waals surface area contributed by atoms with E-state index in [0.717, 1.165) is 25.3 Å². The average molecular weight is 205 g/mol. The molecule has 0 amide bonds. The van der Waals surface area contributed by atoms with Gasteiger partial charge in [0.05, 0.1) is 6.10 Å². The van der Waals surface area contributed by atoms with Crippen molar-refractivity contribution < 1.29 is 4.74 Å². The summed E-state index contributed by atoms with van der Waals surface area (Å²) in [4.78, 5) is 2.35. The smallest absolute Gasteiger partial charge is 0.119 e. The molecule has 0 atom stereocenters. The number of benzene rings is 1. The highest BCUT2D eigenvalue weighted by molar-refractivity contribution is 5.37. The van der Waals surface area contributed by atoms with Gasteiger partial charge in [0.1, 0.15) is 5.75 Å². The molecule has 0 unspecified atom stereocenters. The van der Waals surface area contributed by atoms with Crippen LogP contribution < -0.4 is 4.74 Å². The molecule has 0 spiro atoms. The predicted octanol–water partition coefficient (Wildman–Crippen LogP) is 2.46. The Balaban J connectivity index is 2.19. The number of ether oxygens (including phenoxy) is 1. The first-order valence-corrected chi connectivity index (χ1v) is 5.62. The van der Waals surface area contributed by atoms with Gasteiger partial charge in [-0.25, -0.2) is 0 Å². The fourth-order valence-electron chi connectivity index (χ4n) is 2.02. The molecule has 0 aromatic heterocycles. The van der Waals surface area contributed by atoms with Crippen molar-refractivity contribution in [3.8, 4) is 5.75 Å². The monoisotopic (exact) mass is 205 g/mol.